The summed E-state index contributed by atoms with van der Waals surface area (Å²) in [6.45, 7) is 0.376. The Balaban J connectivity index is 2.50. The number of hydrogen-bond acceptors (Lipinski definition) is 1. The zero-order valence-electron chi connectivity index (χ0n) is 9.54. The molecule has 0 unspecified atom stereocenters. The van der Waals surface area contributed by atoms with Gasteiger partial charge in [0.05, 0.1) is 5.56 Å². The Hall–Kier alpha value is -1.81. The minimum absolute atomic E-state index is 0.188. The average molecular weight is 251 g/mol. The first-order valence-electron chi connectivity index (χ1n) is 5.48. The Morgan fingerprint density at radius 1 is 0.889 bits per heavy atom. The molecular formula is C14H12F3N. The Morgan fingerprint density at radius 2 is 1.50 bits per heavy atom. The van der Waals surface area contributed by atoms with E-state index < -0.39 is 11.7 Å². The lowest BCUT2D eigenvalue weighted by molar-refractivity contribution is -0.137. The first kappa shape index (κ1) is 12.6. The maximum absolute atomic E-state index is 12.9. The first-order valence-corrected chi connectivity index (χ1v) is 5.48. The van der Waals surface area contributed by atoms with E-state index >= 15 is 0 Å². The highest BCUT2D eigenvalue weighted by Crippen LogP contribution is 2.36. The van der Waals surface area contributed by atoms with Crippen molar-refractivity contribution in [1.29, 1.82) is 0 Å². The molecule has 1 nitrogen and oxygen atoms in total. The second-order valence-electron chi connectivity index (χ2n) is 3.94. The summed E-state index contributed by atoms with van der Waals surface area (Å²) in [5.74, 6) is 0. The zero-order valence-corrected chi connectivity index (χ0v) is 9.54. The van der Waals surface area contributed by atoms with E-state index in [1.807, 2.05) is 0 Å². The Kier molecular flexibility index (Phi) is 3.39. The van der Waals surface area contributed by atoms with Crippen LogP contribution in [0.1, 0.15) is 11.1 Å². The molecule has 94 valence electrons. The van der Waals surface area contributed by atoms with E-state index in [1.54, 1.807) is 30.3 Å². The Bertz CT molecular complexity index is 529. The van der Waals surface area contributed by atoms with Gasteiger partial charge in [0.2, 0.25) is 0 Å². The average Bonchev–Trinajstić information content (AvgIpc) is 2.38. The summed E-state index contributed by atoms with van der Waals surface area (Å²) in [4.78, 5) is 0. The highest BCUT2D eigenvalue weighted by Gasteiger charge is 2.33. The van der Waals surface area contributed by atoms with Gasteiger partial charge < -0.3 is 5.73 Å². The molecule has 0 radical (unpaired) electrons. The third-order valence-corrected chi connectivity index (χ3v) is 2.73. The van der Waals surface area contributed by atoms with E-state index in [1.165, 1.54) is 12.1 Å². The van der Waals surface area contributed by atoms with Crippen molar-refractivity contribution in [3.63, 3.8) is 0 Å². The van der Waals surface area contributed by atoms with Crippen LogP contribution in [0, 0.1) is 0 Å². The SMILES string of the molecule is NCc1ccc(-c2ccccc2C(F)(F)F)cc1. The molecule has 0 aliphatic heterocycles. The fourth-order valence-electron chi connectivity index (χ4n) is 1.80. The summed E-state index contributed by atoms with van der Waals surface area (Å²) in [7, 11) is 0. The number of halogens is 3. The number of nitrogens with two attached hydrogens (primary N) is 1. The molecule has 0 amide bonds. The second kappa shape index (κ2) is 4.82. The van der Waals surface area contributed by atoms with Crippen LogP contribution in [0.25, 0.3) is 11.1 Å². The molecular weight excluding hydrogens is 239 g/mol. The van der Waals surface area contributed by atoms with Gasteiger partial charge in [0.1, 0.15) is 0 Å². The van der Waals surface area contributed by atoms with Crippen LogP contribution < -0.4 is 5.73 Å². The van der Waals surface area contributed by atoms with E-state index in [2.05, 4.69) is 0 Å². The van der Waals surface area contributed by atoms with Gasteiger partial charge in [0.15, 0.2) is 0 Å². The summed E-state index contributed by atoms with van der Waals surface area (Å²) in [5.41, 5.74) is 6.46. The minimum atomic E-state index is -4.34. The summed E-state index contributed by atoms with van der Waals surface area (Å²) in [5, 5.41) is 0. The first-order chi connectivity index (χ1) is 8.52. The number of hydrogen-bond donors (Lipinski definition) is 1. The molecule has 0 fully saturated rings. The molecule has 0 bridgehead atoms. The zero-order chi connectivity index (χ0) is 13.2. The van der Waals surface area contributed by atoms with E-state index in [9.17, 15) is 13.2 Å². The molecule has 4 heteroatoms. The minimum Gasteiger partial charge on any atom is -0.326 e. The Morgan fingerprint density at radius 3 is 2.06 bits per heavy atom. The predicted molar refractivity (Wildman–Crippen MR) is 64.8 cm³/mol. The summed E-state index contributed by atoms with van der Waals surface area (Å²) in [6.07, 6.45) is -4.34. The summed E-state index contributed by atoms with van der Waals surface area (Å²) >= 11 is 0. The molecule has 0 atom stereocenters. The van der Waals surface area contributed by atoms with E-state index in [4.69, 9.17) is 5.73 Å². The van der Waals surface area contributed by atoms with Crippen LogP contribution in [-0.2, 0) is 12.7 Å². The van der Waals surface area contributed by atoms with E-state index in [0.717, 1.165) is 11.6 Å². The van der Waals surface area contributed by atoms with Crippen LogP contribution in [0.3, 0.4) is 0 Å². The van der Waals surface area contributed by atoms with Crippen molar-refractivity contribution in [2.45, 2.75) is 12.7 Å². The van der Waals surface area contributed by atoms with Gasteiger partial charge in [-0.05, 0) is 22.8 Å². The third kappa shape index (κ3) is 2.54. The molecule has 0 saturated heterocycles. The normalized spacial score (nSPS) is 11.6. The van der Waals surface area contributed by atoms with E-state index in [-0.39, 0.29) is 5.56 Å². The lowest BCUT2D eigenvalue weighted by Crippen LogP contribution is -2.06. The van der Waals surface area contributed by atoms with Crippen molar-refractivity contribution in [3.05, 3.63) is 59.7 Å². The molecule has 0 heterocycles. The van der Waals surface area contributed by atoms with Crippen LogP contribution in [0.5, 0.6) is 0 Å². The van der Waals surface area contributed by atoms with Gasteiger partial charge in [-0.1, -0.05) is 42.5 Å². The van der Waals surface area contributed by atoms with Crippen molar-refractivity contribution >= 4 is 0 Å². The highest BCUT2D eigenvalue weighted by molar-refractivity contribution is 5.68. The number of alkyl halides is 3. The van der Waals surface area contributed by atoms with E-state index in [0.29, 0.717) is 12.1 Å². The molecule has 0 spiro atoms. The third-order valence-electron chi connectivity index (χ3n) is 2.73. The fraction of sp³-hybridized carbons (Fsp3) is 0.143. The van der Waals surface area contributed by atoms with Crippen LogP contribution in [-0.4, -0.2) is 0 Å². The standard InChI is InChI=1S/C14H12F3N/c15-14(16,17)13-4-2-1-3-12(13)11-7-5-10(9-18)6-8-11/h1-8H,9,18H2. The molecule has 0 aromatic heterocycles. The van der Waals surface area contributed by atoms with Gasteiger partial charge in [-0.15, -0.1) is 0 Å². The molecule has 2 rings (SSSR count). The highest BCUT2D eigenvalue weighted by atomic mass is 19.4. The van der Waals surface area contributed by atoms with Gasteiger partial charge in [-0.3, -0.25) is 0 Å². The maximum atomic E-state index is 12.9. The van der Waals surface area contributed by atoms with Crippen molar-refractivity contribution in [1.82, 2.24) is 0 Å². The largest absolute Gasteiger partial charge is 0.417 e. The summed E-state index contributed by atoms with van der Waals surface area (Å²) in [6, 6.07) is 12.3. The van der Waals surface area contributed by atoms with Gasteiger partial charge in [0.25, 0.3) is 0 Å². The monoisotopic (exact) mass is 251 g/mol. The topological polar surface area (TPSA) is 26.0 Å². The lowest BCUT2D eigenvalue weighted by Gasteiger charge is -2.12. The van der Waals surface area contributed by atoms with Gasteiger partial charge >= 0.3 is 6.18 Å². The lowest BCUT2D eigenvalue weighted by atomic mass is 9.98. The predicted octanol–water partition coefficient (Wildman–Crippen LogP) is 3.83. The van der Waals surface area contributed by atoms with Crippen LogP contribution in [0.15, 0.2) is 48.5 Å². The van der Waals surface area contributed by atoms with Crippen LogP contribution in [0.4, 0.5) is 13.2 Å². The smallest absolute Gasteiger partial charge is 0.326 e. The van der Waals surface area contributed by atoms with Crippen molar-refractivity contribution in [3.8, 4) is 11.1 Å². The van der Waals surface area contributed by atoms with Gasteiger partial charge in [0, 0.05) is 6.54 Å². The van der Waals surface area contributed by atoms with Crippen molar-refractivity contribution in [2.24, 2.45) is 5.73 Å². The molecule has 2 N–H and O–H groups in total. The van der Waals surface area contributed by atoms with Gasteiger partial charge in [-0.25, -0.2) is 0 Å². The molecule has 2 aromatic rings. The molecule has 0 aliphatic carbocycles. The number of benzene rings is 2. The van der Waals surface area contributed by atoms with Crippen LogP contribution in [0.2, 0.25) is 0 Å². The van der Waals surface area contributed by atoms with Gasteiger partial charge in [-0.2, -0.15) is 13.2 Å². The molecule has 0 aliphatic rings. The molecule has 0 saturated carbocycles. The number of rotatable bonds is 2. The van der Waals surface area contributed by atoms with Crippen molar-refractivity contribution in [2.75, 3.05) is 0 Å². The fourth-order valence-corrected chi connectivity index (χ4v) is 1.80. The maximum Gasteiger partial charge on any atom is 0.417 e. The van der Waals surface area contributed by atoms with Crippen molar-refractivity contribution < 1.29 is 13.2 Å². The Labute approximate surface area is 103 Å². The second-order valence-corrected chi connectivity index (χ2v) is 3.94. The van der Waals surface area contributed by atoms with Crippen LogP contribution >= 0.6 is 0 Å². The summed E-state index contributed by atoms with van der Waals surface area (Å²) < 4.78 is 38.6. The quantitative estimate of drug-likeness (QED) is 0.862. The molecule has 18 heavy (non-hydrogen) atoms. The molecule has 2 aromatic carbocycles.